The fraction of sp³-hybridized carbons (Fsp3) is 0.231. The average molecular weight is 1100 g/mol. The highest BCUT2D eigenvalue weighted by Gasteiger charge is 2.18. The van der Waals surface area contributed by atoms with Gasteiger partial charge in [0, 0.05) is 91.7 Å². The maximum Gasteiger partial charge on any atom is 0.274 e. The van der Waals surface area contributed by atoms with Crippen LogP contribution in [-0.2, 0) is 4.79 Å². The third-order valence-corrected chi connectivity index (χ3v) is 12.0. The van der Waals surface area contributed by atoms with Crippen LogP contribution in [0.4, 0.5) is 11.6 Å². The third kappa shape index (κ3) is 15.7. The van der Waals surface area contributed by atoms with Gasteiger partial charge in [0.25, 0.3) is 5.91 Å². The molecular formula is C65H77N15O2. The van der Waals surface area contributed by atoms with E-state index in [1.165, 1.54) is 16.7 Å². The molecule has 82 heavy (non-hydrogen) atoms. The maximum absolute atomic E-state index is 12.1. The Hall–Kier alpha value is -9.90. The Morgan fingerprint density at radius 2 is 0.744 bits per heavy atom. The van der Waals surface area contributed by atoms with E-state index >= 15 is 0 Å². The molecule has 8 heterocycles. The molecule has 424 valence electrons. The lowest BCUT2D eigenvalue weighted by molar-refractivity contribution is -0.116. The lowest BCUT2D eigenvalue weighted by atomic mass is 10.1. The quantitative estimate of drug-likeness (QED) is 0.118. The van der Waals surface area contributed by atoms with Crippen LogP contribution in [0, 0.1) is 6.92 Å². The number of pyridine rings is 4. The summed E-state index contributed by atoms with van der Waals surface area (Å²) in [5, 5.41) is 32.3. The molecule has 17 heteroatoms. The summed E-state index contributed by atoms with van der Waals surface area (Å²) >= 11 is 0. The number of aromatic nitrogens is 12. The number of amides is 2. The number of aromatic amines is 4. The smallest absolute Gasteiger partial charge is 0.274 e. The second kappa shape index (κ2) is 31.6. The van der Waals surface area contributed by atoms with Gasteiger partial charge in [-0.05, 0) is 31.2 Å². The Bertz CT molecular complexity index is 3830. The molecule has 0 unspecified atom stereocenters. The molecule has 0 atom stereocenters. The zero-order valence-corrected chi connectivity index (χ0v) is 49.9. The molecule has 0 radical (unpaired) electrons. The molecule has 0 fully saturated rings. The Morgan fingerprint density at radius 3 is 1.13 bits per heavy atom. The number of aryl methyl sites for hydroxylation is 1. The first-order valence-electron chi connectivity index (χ1n) is 27.6. The Labute approximate surface area is 481 Å². The highest BCUT2D eigenvalue weighted by Crippen LogP contribution is 2.29. The van der Waals surface area contributed by atoms with Gasteiger partial charge in [-0.25, -0.2) is 0 Å². The molecule has 0 saturated heterocycles. The summed E-state index contributed by atoms with van der Waals surface area (Å²) in [5.74, 6) is 1.37. The van der Waals surface area contributed by atoms with Crippen molar-refractivity contribution in [2.24, 2.45) is 0 Å². The van der Waals surface area contributed by atoms with Crippen molar-refractivity contribution in [2.75, 3.05) is 45.0 Å². The first-order chi connectivity index (χ1) is 39.9. The number of nitrogens with one attached hydrogen (secondary N) is 4. The molecule has 12 rings (SSSR count). The van der Waals surface area contributed by atoms with Gasteiger partial charge in [0.15, 0.2) is 17.3 Å². The summed E-state index contributed by atoms with van der Waals surface area (Å²) in [4.78, 5) is 46.3. The summed E-state index contributed by atoms with van der Waals surface area (Å²) in [6.07, 6.45) is 7.08. The van der Waals surface area contributed by atoms with Gasteiger partial charge in [-0.3, -0.25) is 54.8 Å². The number of anilines is 2. The summed E-state index contributed by atoms with van der Waals surface area (Å²) in [7, 11) is 9.10. The van der Waals surface area contributed by atoms with Crippen molar-refractivity contribution in [2.45, 2.75) is 69.2 Å². The summed E-state index contributed by atoms with van der Waals surface area (Å²) in [6, 6.07) is 48.1. The van der Waals surface area contributed by atoms with Crippen LogP contribution in [0.2, 0.25) is 0 Å². The van der Waals surface area contributed by atoms with Gasteiger partial charge in [-0.2, -0.15) is 20.4 Å². The first-order valence-corrected chi connectivity index (χ1v) is 27.6. The Morgan fingerprint density at radius 1 is 0.402 bits per heavy atom. The fourth-order valence-corrected chi connectivity index (χ4v) is 7.95. The number of carbonyl (C=O) groups excluding carboxylic acids is 2. The predicted molar refractivity (Wildman–Crippen MR) is 339 cm³/mol. The molecule has 4 aromatic carbocycles. The molecule has 8 aromatic heterocycles. The van der Waals surface area contributed by atoms with Gasteiger partial charge in [0.2, 0.25) is 5.91 Å². The minimum absolute atomic E-state index is 0.0588. The number of hydrogen-bond donors (Lipinski definition) is 4. The molecule has 17 nitrogen and oxygen atoms in total. The lowest BCUT2D eigenvalue weighted by Crippen LogP contribution is -2.23. The van der Waals surface area contributed by atoms with Crippen molar-refractivity contribution < 1.29 is 9.59 Å². The van der Waals surface area contributed by atoms with Crippen molar-refractivity contribution in [1.82, 2.24) is 65.6 Å². The molecular weight excluding hydrogens is 1020 g/mol. The van der Waals surface area contributed by atoms with E-state index in [9.17, 15) is 9.59 Å². The van der Waals surface area contributed by atoms with E-state index in [1.54, 1.807) is 39.7 Å². The van der Waals surface area contributed by atoms with Gasteiger partial charge in [-0.1, -0.05) is 177 Å². The highest BCUT2D eigenvalue weighted by atomic mass is 16.2. The van der Waals surface area contributed by atoms with Crippen molar-refractivity contribution in [3.05, 3.63) is 182 Å². The molecule has 0 aliphatic carbocycles. The van der Waals surface area contributed by atoms with Gasteiger partial charge in [0.05, 0.1) is 64.1 Å². The third-order valence-electron chi connectivity index (χ3n) is 12.0. The second-order valence-electron chi connectivity index (χ2n) is 17.6. The number of fused-ring (bicyclic) bond motifs is 4. The van der Waals surface area contributed by atoms with Crippen molar-refractivity contribution in [3.63, 3.8) is 0 Å². The number of H-pyrrole nitrogens is 4. The van der Waals surface area contributed by atoms with Crippen LogP contribution in [0.3, 0.4) is 0 Å². The largest absolute Gasteiger partial charge is 0.361 e. The molecule has 2 amide bonds. The fourth-order valence-electron chi connectivity index (χ4n) is 7.95. The van der Waals surface area contributed by atoms with E-state index in [0.29, 0.717) is 11.5 Å². The van der Waals surface area contributed by atoms with E-state index in [1.807, 2.05) is 197 Å². The van der Waals surface area contributed by atoms with E-state index in [-0.39, 0.29) is 11.8 Å². The van der Waals surface area contributed by atoms with E-state index in [4.69, 9.17) is 0 Å². The molecule has 0 spiro atoms. The van der Waals surface area contributed by atoms with Crippen LogP contribution in [0.15, 0.2) is 170 Å². The Kier molecular flexibility index (Phi) is 24.3. The lowest BCUT2D eigenvalue weighted by Gasteiger charge is -2.11. The van der Waals surface area contributed by atoms with Gasteiger partial charge in [-0.15, -0.1) is 0 Å². The Balaban J connectivity index is 0.000000193. The van der Waals surface area contributed by atoms with Crippen LogP contribution in [0.1, 0.15) is 78.5 Å². The molecule has 0 aliphatic heterocycles. The van der Waals surface area contributed by atoms with E-state index < -0.39 is 0 Å². The number of hydrogen-bond acceptors (Lipinski definition) is 11. The molecule has 4 N–H and O–H groups in total. The summed E-state index contributed by atoms with van der Waals surface area (Å²) in [5.41, 5.74) is 12.9. The minimum atomic E-state index is -0.124. The van der Waals surface area contributed by atoms with Gasteiger partial charge < -0.3 is 9.80 Å². The normalized spacial score (nSPS) is 9.99. The standard InChI is InChI=1S/2C15H14N4O.C14H14N4.C13H11N3.4C2H6/c1-19(2)15(20)14-11-8-12(10-6-4-3-5-7-10)16-9-13(11)17-18-14;1-10(20)19(2)15-12-8-13(11-6-4-3-5-7-11)16-9-14(12)17-18-15;1-18(2)14-11-8-12(10-6-4-3-5-7-10)15-9-13(11)16-17-14;1-9-11-7-12(10-5-3-2-4-6-10)14-8-13(11)16-15-9;4*1-2/h2*3-9H,1-2H3,(H,17,18);3-9H,1-2H3,(H,16,17);2-8H,1H3,(H,15,16);4*1-2H3. The molecule has 12 aromatic rings. The number of nitrogens with zero attached hydrogens (tertiary/aromatic N) is 11. The van der Waals surface area contributed by atoms with E-state index in [0.717, 1.165) is 100 Å². The van der Waals surface area contributed by atoms with Crippen molar-refractivity contribution >= 4 is 67.1 Å². The maximum atomic E-state index is 12.1. The van der Waals surface area contributed by atoms with Gasteiger partial charge in [0.1, 0.15) is 5.52 Å². The number of carbonyl (C=O) groups is 2. The first kappa shape index (κ1) is 62.9. The predicted octanol–water partition coefficient (Wildman–Crippen LogP) is 14.7. The summed E-state index contributed by atoms with van der Waals surface area (Å²) in [6.45, 7) is 19.5. The van der Waals surface area contributed by atoms with Crippen LogP contribution >= 0.6 is 0 Å². The van der Waals surface area contributed by atoms with Crippen LogP contribution < -0.4 is 9.80 Å². The van der Waals surface area contributed by atoms with Crippen LogP contribution in [-0.4, -0.2) is 113 Å². The number of rotatable bonds is 7. The van der Waals surface area contributed by atoms with Crippen molar-refractivity contribution in [3.8, 4) is 45.0 Å². The number of benzene rings is 4. The SMILES string of the molecule is CC.CC.CC.CC.CC(=O)N(C)c1n[nH]c2cnc(-c3ccccc3)cc12.CN(C)C(=O)c1n[nH]c2cnc(-c3ccccc3)cc12.CN(C)c1n[nH]c2cnc(-c3ccccc3)cc12.Cc1[nH]nc2cnc(-c3ccccc3)cc12. The molecule has 0 saturated carbocycles. The molecule has 0 bridgehead atoms. The highest BCUT2D eigenvalue weighted by molar-refractivity contribution is 6.05. The van der Waals surface area contributed by atoms with Crippen LogP contribution in [0.25, 0.3) is 88.6 Å². The second-order valence-corrected chi connectivity index (χ2v) is 17.6. The van der Waals surface area contributed by atoms with Crippen LogP contribution in [0.5, 0.6) is 0 Å². The summed E-state index contributed by atoms with van der Waals surface area (Å²) < 4.78 is 0. The van der Waals surface area contributed by atoms with E-state index in [2.05, 4.69) is 97.1 Å². The monoisotopic (exact) mass is 1100 g/mol. The zero-order chi connectivity index (χ0) is 59.7. The van der Waals surface area contributed by atoms with Gasteiger partial charge >= 0.3 is 0 Å². The van der Waals surface area contributed by atoms with Crippen molar-refractivity contribution in [1.29, 1.82) is 0 Å². The minimum Gasteiger partial charge on any atom is -0.361 e. The zero-order valence-electron chi connectivity index (χ0n) is 49.9. The topological polar surface area (TPSA) is 210 Å². The molecule has 0 aliphatic rings. The average Bonchev–Trinajstić information content (AvgIpc) is 4.55.